The zero-order chi connectivity index (χ0) is 15.0. The van der Waals surface area contributed by atoms with Gasteiger partial charge in [-0.25, -0.2) is 0 Å². The summed E-state index contributed by atoms with van der Waals surface area (Å²) in [5, 5.41) is 1.37. The second kappa shape index (κ2) is 5.54. The van der Waals surface area contributed by atoms with E-state index in [1.165, 1.54) is 5.56 Å². The predicted octanol–water partition coefficient (Wildman–Crippen LogP) is 5.74. The van der Waals surface area contributed by atoms with Crippen molar-refractivity contribution in [1.29, 1.82) is 0 Å². The summed E-state index contributed by atoms with van der Waals surface area (Å²) in [6, 6.07) is 11.8. The SMILES string of the molecule is CC1(C)Cc2cccc(Oc3ccc(CBr)cc3Cl)c2O1. The number of rotatable bonds is 3. The van der Waals surface area contributed by atoms with Crippen LogP contribution < -0.4 is 9.47 Å². The fourth-order valence-electron chi connectivity index (χ4n) is 2.50. The molecule has 1 aliphatic rings. The molecule has 0 atom stereocenters. The third-order valence-corrected chi connectivity index (χ3v) is 4.37. The van der Waals surface area contributed by atoms with E-state index in [-0.39, 0.29) is 5.60 Å². The van der Waals surface area contributed by atoms with Crippen LogP contribution in [0.15, 0.2) is 36.4 Å². The van der Waals surface area contributed by atoms with Crippen LogP contribution in [0.3, 0.4) is 0 Å². The molecule has 1 heterocycles. The van der Waals surface area contributed by atoms with Crippen LogP contribution >= 0.6 is 27.5 Å². The number of fused-ring (bicyclic) bond motifs is 1. The topological polar surface area (TPSA) is 18.5 Å². The van der Waals surface area contributed by atoms with Crippen LogP contribution in [0.4, 0.5) is 0 Å². The van der Waals surface area contributed by atoms with Gasteiger partial charge in [0.1, 0.15) is 11.4 Å². The molecule has 0 spiro atoms. The summed E-state index contributed by atoms with van der Waals surface area (Å²) in [5.41, 5.74) is 2.10. The van der Waals surface area contributed by atoms with Crippen molar-refractivity contribution in [3.05, 3.63) is 52.5 Å². The van der Waals surface area contributed by atoms with Crippen LogP contribution in [0.1, 0.15) is 25.0 Å². The maximum atomic E-state index is 6.28. The highest BCUT2D eigenvalue weighted by Crippen LogP contribution is 2.44. The Kier molecular flexibility index (Phi) is 3.89. The van der Waals surface area contributed by atoms with Crippen molar-refractivity contribution in [3.63, 3.8) is 0 Å². The van der Waals surface area contributed by atoms with E-state index in [0.29, 0.717) is 16.5 Å². The Hall–Kier alpha value is -1.19. The standard InChI is InChI=1S/C17H16BrClO2/c1-17(2)9-12-4-3-5-15(16(12)21-17)20-14-7-6-11(10-18)8-13(14)19/h3-8H,9-10H2,1-2H3. The van der Waals surface area contributed by atoms with E-state index in [4.69, 9.17) is 21.1 Å². The zero-order valence-corrected chi connectivity index (χ0v) is 14.3. The maximum Gasteiger partial charge on any atom is 0.169 e. The van der Waals surface area contributed by atoms with E-state index >= 15 is 0 Å². The largest absolute Gasteiger partial charge is 0.483 e. The molecule has 0 saturated carbocycles. The van der Waals surface area contributed by atoms with E-state index in [9.17, 15) is 0 Å². The molecule has 0 unspecified atom stereocenters. The summed E-state index contributed by atoms with van der Waals surface area (Å²) in [6.07, 6.45) is 0.885. The highest BCUT2D eigenvalue weighted by atomic mass is 79.9. The molecule has 0 amide bonds. The summed E-state index contributed by atoms with van der Waals surface area (Å²) in [4.78, 5) is 0. The molecule has 0 aromatic heterocycles. The Morgan fingerprint density at radius 2 is 2.05 bits per heavy atom. The molecule has 2 aromatic carbocycles. The predicted molar refractivity (Wildman–Crippen MR) is 89.0 cm³/mol. The van der Waals surface area contributed by atoms with Crippen LogP contribution in [0.5, 0.6) is 17.2 Å². The van der Waals surface area contributed by atoms with Gasteiger partial charge in [0, 0.05) is 17.3 Å². The number of benzene rings is 2. The van der Waals surface area contributed by atoms with E-state index < -0.39 is 0 Å². The molecule has 3 rings (SSSR count). The van der Waals surface area contributed by atoms with Crippen molar-refractivity contribution in [2.24, 2.45) is 0 Å². The Morgan fingerprint density at radius 1 is 1.24 bits per heavy atom. The summed E-state index contributed by atoms with van der Waals surface area (Å²) >= 11 is 9.70. The van der Waals surface area contributed by atoms with Crippen molar-refractivity contribution in [1.82, 2.24) is 0 Å². The molecule has 4 heteroatoms. The van der Waals surface area contributed by atoms with Gasteiger partial charge in [0.15, 0.2) is 11.5 Å². The average Bonchev–Trinajstić information content (AvgIpc) is 2.76. The Bertz CT molecular complexity index is 682. The van der Waals surface area contributed by atoms with Crippen molar-refractivity contribution in [2.75, 3.05) is 0 Å². The van der Waals surface area contributed by atoms with Crippen molar-refractivity contribution in [3.8, 4) is 17.2 Å². The highest BCUT2D eigenvalue weighted by molar-refractivity contribution is 9.08. The molecule has 0 aliphatic carbocycles. The van der Waals surface area contributed by atoms with Gasteiger partial charge in [-0.05, 0) is 37.6 Å². The van der Waals surface area contributed by atoms with Gasteiger partial charge < -0.3 is 9.47 Å². The first-order valence-electron chi connectivity index (χ1n) is 6.82. The molecular formula is C17H16BrClO2. The minimum atomic E-state index is -0.189. The van der Waals surface area contributed by atoms with Gasteiger partial charge in [-0.1, -0.05) is 45.7 Å². The van der Waals surface area contributed by atoms with E-state index in [2.05, 4.69) is 35.8 Å². The van der Waals surface area contributed by atoms with Crippen molar-refractivity contribution < 1.29 is 9.47 Å². The van der Waals surface area contributed by atoms with Crippen molar-refractivity contribution in [2.45, 2.75) is 31.2 Å². The van der Waals surface area contributed by atoms with Crippen molar-refractivity contribution >= 4 is 27.5 Å². The lowest BCUT2D eigenvalue weighted by Gasteiger charge is -2.18. The molecule has 110 valence electrons. The summed E-state index contributed by atoms with van der Waals surface area (Å²) < 4.78 is 12.0. The van der Waals surface area contributed by atoms with Crippen LogP contribution in [0.25, 0.3) is 0 Å². The van der Waals surface area contributed by atoms with E-state index in [0.717, 1.165) is 23.1 Å². The maximum absolute atomic E-state index is 6.28. The summed E-state index contributed by atoms with van der Waals surface area (Å²) in [5.74, 6) is 2.18. The third kappa shape index (κ3) is 3.04. The molecule has 0 saturated heterocycles. The third-order valence-electron chi connectivity index (χ3n) is 3.43. The minimum Gasteiger partial charge on any atom is -0.483 e. The smallest absolute Gasteiger partial charge is 0.169 e. The molecule has 0 radical (unpaired) electrons. The lowest BCUT2D eigenvalue weighted by Crippen LogP contribution is -2.24. The first-order valence-corrected chi connectivity index (χ1v) is 8.31. The molecule has 2 nitrogen and oxygen atoms in total. The molecular weight excluding hydrogens is 352 g/mol. The second-order valence-corrected chi connectivity index (χ2v) is 6.75. The molecule has 21 heavy (non-hydrogen) atoms. The lowest BCUT2D eigenvalue weighted by atomic mass is 10.0. The van der Waals surface area contributed by atoms with Gasteiger partial charge in [0.25, 0.3) is 0 Å². The number of hydrogen-bond donors (Lipinski definition) is 0. The number of para-hydroxylation sites is 1. The monoisotopic (exact) mass is 366 g/mol. The van der Waals surface area contributed by atoms with Crippen LogP contribution in [-0.4, -0.2) is 5.60 Å². The minimum absolute atomic E-state index is 0.189. The van der Waals surface area contributed by atoms with E-state index in [1.54, 1.807) is 0 Å². The summed E-state index contributed by atoms with van der Waals surface area (Å²) in [6.45, 7) is 4.16. The van der Waals surface area contributed by atoms with Gasteiger partial charge in [-0.3, -0.25) is 0 Å². The number of ether oxygens (including phenoxy) is 2. The number of hydrogen-bond acceptors (Lipinski definition) is 2. The van der Waals surface area contributed by atoms with Crippen LogP contribution in [-0.2, 0) is 11.8 Å². The molecule has 0 fully saturated rings. The molecule has 1 aliphatic heterocycles. The lowest BCUT2D eigenvalue weighted by molar-refractivity contribution is 0.135. The van der Waals surface area contributed by atoms with Crippen LogP contribution in [0, 0.1) is 0 Å². The first kappa shape index (κ1) is 14.7. The fraction of sp³-hybridized carbons (Fsp3) is 0.294. The summed E-state index contributed by atoms with van der Waals surface area (Å²) in [7, 11) is 0. The Balaban J connectivity index is 1.92. The molecule has 0 bridgehead atoms. The van der Waals surface area contributed by atoms with Gasteiger partial charge in [0.05, 0.1) is 5.02 Å². The van der Waals surface area contributed by atoms with Gasteiger partial charge in [-0.2, -0.15) is 0 Å². The normalized spacial score (nSPS) is 15.4. The van der Waals surface area contributed by atoms with E-state index in [1.807, 2.05) is 30.3 Å². The van der Waals surface area contributed by atoms with Crippen LogP contribution in [0.2, 0.25) is 5.02 Å². The molecule has 0 N–H and O–H groups in total. The zero-order valence-electron chi connectivity index (χ0n) is 12.0. The number of halogens is 2. The van der Waals surface area contributed by atoms with Gasteiger partial charge in [0.2, 0.25) is 0 Å². The fourth-order valence-corrected chi connectivity index (χ4v) is 3.09. The first-order chi connectivity index (χ1) is 9.98. The number of alkyl halides is 1. The average molecular weight is 368 g/mol. The Labute approximate surface area is 138 Å². The molecule has 2 aromatic rings. The highest BCUT2D eigenvalue weighted by Gasteiger charge is 2.32. The van der Waals surface area contributed by atoms with Gasteiger partial charge in [-0.15, -0.1) is 0 Å². The second-order valence-electron chi connectivity index (χ2n) is 5.78. The Morgan fingerprint density at radius 3 is 2.76 bits per heavy atom. The van der Waals surface area contributed by atoms with Gasteiger partial charge >= 0.3 is 0 Å². The quantitative estimate of drug-likeness (QED) is 0.644.